The molecule has 1 heterocycles. The average molecular weight is 153 g/mol. The zero-order chi connectivity index (χ0) is 7.52. The molecule has 0 aromatic heterocycles. The molecule has 11 heavy (non-hydrogen) atoms. The van der Waals surface area contributed by atoms with Crippen LogP contribution in [0.15, 0.2) is 4.99 Å². The molecular weight excluding hydrogens is 138 g/mol. The van der Waals surface area contributed by atoms with E-state index in [2.05, 4.69) is 15.6 Å². The first-order valence-corrected chi connectivity index (χ1v) is 4.47. The van der Waals surface area contributed by atoms with Crippen molar-refractivity contribution < 1.29 is 0 Å². The second kappa shape index (κ2) is 3.11. The minimum Gasteiger partial charge on any atom is -0.356 e. The Labute approximate surface area is 67.3 Å². The van der Waals surface area contributed by atoms with E-state index in [-0.39, 0.29) is 0 Å². The van der Waals surface area contributed by atoms with Crippen molar-refractivity contribution in [2.75, 3.05) is 19.6 Å². The van der Waals surface area contributed by atoms with Gasteiger partial charge in [0.05, 0.1) is 6.54 Å². The predicted molar refractivity (Wildman–Crippen MR) is 45.6 cm³/mol. The molecule has 0 unspecified atom stereocenters. The lowest BCUT2D eigenvalue weighted by Gasteiger charge is -2.25. The minimum atomic E-state index is 0.917. The monoisotopic (exact) mass is 153 g/mol. The summed E-state index contributed by atoms with van der Waals surface area (Å²) in [6.07, 6.45) is 4.23. The van der Waals surface area contributed by atoms with Crippen molar-refractivity contribution in [1.29, 1.82) is 0 Å². The molecule has 0 bridgehead atoms. The van der Waals surface area contributed by atoms with Gasteiger partial charge >= 0.3 is 0 Å². The summed E-state index contributed by atoms with van der Waals surface area (Å²) in [6.45, 7) is 3.06. The third kappa shape index (κ3) is 1.64. The molecule has 1 aliphatic carbocycles. The van der Waals surface area contributed by atoms with E-state index in [1.165, 1.54) is 19.3 Å². The van der Waals surface area contributed by atoms with Crippen molar-refractivity contribution in [2.45, 2.75) is 19.3 Å². The smallest absolute Gasteiger partial charge is 0.191 e. The average Bonchev–Trinajstić information content (AvgIpc) is 2.36. The first-order valence-electron chi connectivity index (χ1n) is 4.47. The normalized spacial score (nSPS) is 23.8. The van der Waals surface area contributed by atoms with E-state index in [0.717, 1.165) is 31.5 Å². The molecule has 0 aromatic carbocycles. The van der Waals surface area contributed by atoms with Crippen molar-refractivity contribution in [3.63, 3.8) is 0 Å². The van der Waals surface area contributed by atoms with Crippen molar-refractivity contribution in [1.82, 2.24) is 10.6 Å². The van der Waals surface area contributed by atoms with Crippen LogP contribution in [0.25, 0.3) is 0 Å². The van der Waals surface area contributed by atoms with Crippen LogP contribution in [0.3, 0.4) is 0 Å². The molecule has 3 nitrogen and oxygen atoms in total. The Bertz CT molecular complexity index is 161. The highest BCUT2D eigenvalue weighted by atomic mass is 15.2. The van der Waals surface area contributed by atoms with Gasteiger partial charge < -0.3 is 10.6 Å². The first kappa shape index (κ1) is 6.95. The van der Waals surface area contributed by atoms with Gasteiger partial charge in [-0.1, -0.05) is 6.42 Å². The maximum absolute atomic E-state index is 4.26. The molecule has 62 valence electrons. The van der Waals surface area contributed by atoms with E-state index in [0.29, 0.717) is 0 Å². The van der Waals surface area contributed by atoms with Crippen LogP contribution in [0.4, 0.5) is 0 Å². The number of nitrogens with zero attached hydrogens (tertiary/aromatic N) is 1. The highest BCUT2D eigenvalue weighted by Crippen LogP contribution is 2.24. The summed E-state index contributed by atoms with van der Waals surface area (Å²) in [5.74, 6) is 1.93. The SMILES string of the molecule is C1CC(CNC2=NCCN2)C1. The third-order valence-electron chi connectivity index (χ3n) is 2.46. The van der Waals surface area contributed by atoms with Gasteiger partial charge in [-0.2, -0.15) is 0 Å². The van der Waals surface area contributed by atoms with Gasteiger partial charge in [0, 0.05) is 13.1 Å². The van der Waals surface area contributed by atoms with Crippen LogP contribution in [-0.4, -0.2) is 25.6 Å². The molecule has 2 rings (SSSR count). The molecule has 2 aliphatic rings. The highest BCUT2D eigenvalue weighted by molar-refractivity contribution is 5.81. The van der Waals surface area contributed by atoms with Crippen molar-refractivity contribution in [2.24, 2.45) is 10.9 Å². The number of hydrogen-bond donors (Lipinski definition) is 2. The van der Waals surface area contributed by atoms with E-state index in [9.17, 15) is 0 Å². The summed E-state index contributed by atoms with van der Waals surface area (Å²) < 4.78 is 0. The van der Waals surface area contributed by atoms with E-state index < -0.39 is 0 Å². The minimum absolute atomic E-state index is 0.917. The zero-order valence-electron chi connectivity index (χ0n) is 6.77. The molecule has 0 saturated heterocycles. The van der Waals surface area contributed by atoms with Gasteiger partial charge in [0.1, 0.15) is 0 Å². The molecule has 1 saturated carbocycles. The fraction of sp³-hybridized carbons (Fsp3) is 0.875. The zero-order valence-corrected chi connectivity index (χ0v) is 6.77. The van der Waals surface area contributed by atoms with Gasteiger partial charge in [-0.25, -0.2) is 0 Å². The molecule has 2 N–H and O–H groups in total. The highest BCUT2D eigenvalue weighted by Gasteiger charge is 2.17. The summed E-state index contributed by atoms with van der Waals surface area (Å²) in [7, 11) is 0. The van der Waals surface area contributed by atoms with E-state index in [4.69, 9.17) is 0 Å². The van der Waals surface area contributed by atoms with Crippen LogP contribution in [-0.2, 0) is 0 Å². The lowest BCUT2D eigenvalue weighted by atomic mass is 9.85. The van der Waals surface area contributed by atoms with Gasteiger partial charge in [-0.3, -0.25) is 4.99 Å². The van der Waals surface area contributed by atoms with E-state index >= 15 is 0 Å². The lowest BCUT2D eigenvalue weighted by molar-refractivity contribution is 0.315. The third-order valence-corrected chi connectivity index (χ3v) is 2.46. The number of rotatable bonds is 2. The van der Waals surface area contributed by atoms with Gasteiger partial charge in [-0.05, 0) is 18.8 Å². The van der Waals surface area contributed by atoms with Crippen LogP contribution in [0.1, 0.15) is 19.3 Å². The van der Waals surface area contributed by atoms with Gasteiger partial charge in [-0.15, -0.1) is 0 Å². The Morgan fingerprint density at radius 2 is 2.45 bits per heavy atom. The Morgan fingerprint density at radius 1 is 1.55 bits per heavy atom. The van der Waals surface area contributed by atoms with Gasteiger partial charge in [0.15, 0.2) is 5.96 Å². The number of hydrogen-bond acceptors (Lipinski definition) is 3. The Kier molecular flexibility index (Phi) is 1.97. The Balaban J connectivity index is 1.65. The fourth-order valence-corrected chi connectivity index (χ4v) is 1.45. The van der Waals surface area contributed by atoms with Crippen molar-refractivity contribution in [3.8, 4) is 0 Å². The second-order valence-corrected chi connectivity index (χ2v) is 3.33. The standard InChI is InChI=1S/C8H15N3/c1-2-7(3-1)6-11-8-9-4-5-10-8/h7H,1-6H2,(H2,9,10,11). The number of guanidine groups is 1. The molecular formula is C8H15N3. The molecule has 0 radical (unpaired) electrons. The van der Waals surface area contributed by atoms with E-state index in [1.807, 2.05) is 0 Å². The summed E-state index contributed by atoms with van der Waals surface area (Å²) in [4.78, 5) is 4.26. The van der Waals surface area contributed by atoms with Gasteiger partial charge in [0.2, 0.25) is 0 Å². The predicted octanol–water partition coefficient (Wildman–Crippen LogP) is 0.335. The fourth-order valence-electron chi connectivity index (χ4n) is 1.45. The maximum atomic E-state index is 4.26. The van der Waals surface area contributed by atoms with Crippen molar-refractivity contribution in [3.05, 3.63) is 0 Å². The summed E-state index contributed by atoms with van der Waals surface area (Å²) in [6, 6.07) is 0. The quantitative estimate of drug-likeness (QED) is 0.600. The van der Waals surface area contributed by atoms with Crippen LogP contribution >= 0.6 is 0 Å². The molecule has 0 aromatic rings. The number of aliphatic imine (C=N–C) groups is 1. The van der Waals surface area contributed by atoms with Crippen molar-refractivity contribution >= 4 is 5.96 Å². The molecule has 1 aliphatic heterocycles. The van der Waals surface area contributed by atoms with Crippen LogP contribution in [0.2, 0.25) is 0 Å². The summed E-state index contributed by atoms with van der Waals surface area (Å²) in [5, 5.41) is 6.52. The Morgan fingerprint density at radius 3 is 3.00 bits per heavy atom. The molecule has 3 heteroatoms. The topological polar surface area (TPSA) is 36.4 Å². The molecule has 1 fully saturated rings. The second-order valence-electron chi connectivity index (χ2n) is 3.33. The molecule has 0 amide bonds. The number of nitrogens with one attached hydrogen (secondary N) is 2. The maximum Gasteiger partial charge on any atom is 0.191 e. The molecule has 0 spiro atoms. The van der Waals surface area contributed by atoms with Crippen LogP contribution < -0.4 is 10.6 Å². The largest absolute Gasteiger partial charge is 0.356 e. The Hall–Kier alpha value is -0.730. The summed E-state index contributed by atoms with van der Waals surface area (Å²) >= 11 is 0. The first-order chi connectivity index (χ1) is 5.45. The molecule has 0 atom stereocenters. The lowest BCUT2D eigenvalue weighted by Crippen LogP contribution is -2.38. The van der Waals surface area contributed by atoms with Gasteiger partial charge in [0.25, 0.3) is 0 Å². The summed E-state index contributed by atoms with van der Waals surface area (Å²) in [5.41, 5.74) is 0. The van der Waals surface area contributed by atoms with Crippen LogP contribution in [0.5, 0.6) is 0 Å². The van der Waals surface area contributed by atoms with E-state index in [1.54, 1.807) is 0 Å². The van der Waals surface area contributed by atoms with Crippen LogP contribution in [0, 0.1) is 5.92 Å².